The van der Waals surface area contributed by atoms with Crippen molar-refractivity contribution in [2.75, 3.05) is 0 Å². The Morgan fingerprint density at radius 3 is 2.71 bits per heavy atom. The van der Waals surface area contributed by atoms with E-state index in [0.29, 0.717) is 23.4 Å². The fourth-order valence-corrected chi connectivity index (χ4v) is 3.15. The van der Waals surface area contributed by atoms with Gasteiger partial charge >= 0.3 is 0 Å². The molecule has 1 aromatic carbocycles. The first-order valence-electron chi connectivity index (χ1n) is 8.00. The van der Waals surface area contributed by atoms with Crippen molar-refractivity contribution >= 4 is 11.8 Å². The molecule has 2 aromatic heterocycles. The normalized spacial score (nSPS) is 11.3. The minimum absolute atomic E-state index is 0.502. The highest BCUT2D eigenvalue weighted by Gasteiger charge is 2.13. The van der Waals surface area contributed by atoms with Crippen molar-refractivity contribution in [3.63, 3.8) is 0 Å². The van der Waals surface area contributed by atoms with Gasteiger partial charge in [-0.1, -0.05) is 61.1 Å². The van der Waals surface area contributed by atoms with Gasteiger partial charge in [0.15, 0.2) is 11.0 Å². The highest BCUT2D eigenvalue weighted by atomic mass is 32.2. The molecule has 3 rings (SSSR count). The lowest BCUT2D eigenvalue weighted by atomic mass is 10.1. The molecule has 0 saturated heterocycles. The third-order valence-corrected chi connectivity index (χ3v) is 4.47. The summed E-state index contributed by atoms with van der Waals surface area (Å²) in [5, 5.41) is 13.4. The standard InChI is InChI=1S/C17H21N5OS/c1-12(2)9-16-18-15(21-23-16)11-24-17-20-19-13(3)22(17)10-14-7-5-4-6-8-14/h4-8,12H,9-11H2,1-3H3. The summed E-state index contributed by atoms with van der Waals surface area (Å²) in [6.45, 7) is 6.99. The second-order valence-electron chi connectivity index (χ2n) is 6.09. The van der Waals surface area contributed by atoms with Crippen LogP contribution in [-0.4, -0.2) is 24.9 Å². The van der Waals surface area contributed by atoms with Gasteiger partial charge < -0.3 is 9.09 Å². The number of aryl methyl sites for hydroxylation is 1. The van der Waals surface area contributed by atoms with Crippen LogP contribution in [0.3, 0.4) is 0 Å². The van der Waals surface area contributed by atoms with Crippen LogP contribution in [0.25, 0.3) is 0 Å². The monoisotopic (exact) mass is 343 g/mol. The quantitative estimate of drug-likeness (QED) is 0.612. The smallest absolute Gasteiger partial charge is 0.226 e. The summed E-state index contributed by atoms with van der Waals surface area (Å²) in [5.41, 5.74) is 1.22. The lowest BCUT2D eigenvalue weighted by molar-refractivity contribution is 0.360. The number of nitrogens with zero attached hydrogens (tertiary/aromatic N) is 5. The van der Waals surface area contributed by atoms with Gasteiger partial charge in [0.25, 0.3) is 0 Å². The van der Waals surface area contributed by atoms with Crippen molar-refractivity contribution < 1.29 is 4.52 Å². The Kier molecular flexibility index (Phi) is 5.30. The summed E-state index contributed by atoms with van der Waals surface area (Å²) in [5.74, 6) is 3.41. The molecule has 0 aliphatic rings. The summed E-state index contributed by atoms with van der Waals surface area (Å²) in [4.78, 5) is 4.43. The van der Waals surface area contributed by atoms with Crippen LogP contribution in [0, 0.1) is 12.8 Å². The fourth-order valence-electron chi connectivity index (χ4n) is 2.33. The molecule has 3 aromatic rings. The SMILES string of the molecule is Cc1nnc(SCc2noc(CC(C)C)n2)n1Cc1ccccc1. The van der Waals surface area contributed by atoms with Crippen LogP contribution >= 0.6 is 11.8 Å². The molecule has 0 spiro atoms. The molecule has 126 valence electrons. The maximum atomic E-state index is 5.28. The number of aromatic nitrogens is 5. The van der Waals surface area contributed by atoms with Gasteiger partial charge in [-0.15, -0.1) is 10.2 Å². The van der Waals surface area contributed by atoms with E-state index < -0.39 is 0 Å². The van der Waals surface area contributed by atoms with Gasteiger partial charge in [-0.2, -0.15) is 4.98 Å². The van der Waals surface area contributed by atoms with Crippen molar-refractivity contribution in [1.82, 2.24) is 24.9 Å². The number of rotatable bonds is 7. The van der Waals surface area contributed by atoms with Gasteiger partial charge in [0.1, 0.15) is 5.82 Å². The lowest BCUT2D eigenvalue weighted by Gasteiger charge is -2.07. The Hall–Kier alpha value is -2.15. The third kappa shape index (κ3) is 4.23. The second kappa shape index (κ2) is 7.61. The molecule has 0 radical (unpaired) electrons. The Labute approximate surface area is 145 Å². The minimum Gasteiger partial charge on any atom is -0.339 e. The summed E-state index contributed by atoms with van der Waals surface area (Å²) in [6.07, 6.45) is 0.807. The molecule has 0 unspecified atom stereocenters. The van der Waals surface area contributed by atoms with Gasteiger partial charge in [0.05, 0.1) is 12.3 Å². The minimum atomic E-state index is 0.502. The maximum Gasteiger partial charge on any atom is 0.226 e. The van der Waals surface area contributed by atoms with Crippen molar-refractivity contribution in [2.24, 2.45) is 5.92 Å². The molecule has 7 heteroatoms. The molecule has 0 atom stereocenters. The van der Waals surface area contributed by atoms with Crippen LogP contribution in [-0.2, 0) is 18.7 Å². The summed E-state index contributed by atoms with van der Waals surface area (Å²) >= 11 is 1.58. The second-order valence-corrected chi connectivity index (χ2v) is 7.04. The zero-order chi connectivity index (χ0) is 16.9. The number of benzene rings is 1. The van der Waals surface area contributed by atoms with Crippen LogP contribution in [0.1, 0.15) is 37.0 Å². The predicted octanol–water partition coefficient (Wildman–Crippen LogP) is 3.51. The van der Waals surface area contributed by atoms with E-state index in [0.717, 1.165) is 23.9 Å². The number of thioether (sulfide) groups is 1. The first-order valence-corrected chi connectivity index (χ1v) is 8.98. The van der Waals surface area contributed by atoms with Gasteiger partial charge in [0.2, 0.25) is 5.89 Å². The first kappa shape index (κ1) is 16.7. The van der Waals surface area contributed by atoms with E-state index in [1.165, 1.54) is 5.56 Å². The van der Waals surface area contributed by atoms with E-state index in [-0.39, 0.29) is 0 Å². The number of hydrogen-bond acceptors (Lipinski definition) is 6. The largest absolute Gasteiger partial charge is 0.339 e. The highest BCUT2D eigenvalue weighted by molar-refractivity contribution is 7.98. The molecular formula is C17H21N5OS. The van der Waals surface area contributed by atoms with E-state index in [1.54, 1.807) is 11.8 Å². The van der Waals surface area contributed by atoms with Crippen molar-refractivity contribution in [1.29, 1.82) is 0 Å². The topological polar surface area (TPSA) is 69.6 Å². The molecule has 0 fully saturated rings. The zero-order valence-corrected chi connectivity index (χ0v) is 15.0. The van der Waals surface area contributed by atoms with E-state index in [9.17, 15) is 0 Å². The Morgan fingerprint density at radius 2 is 1.96 bits per heavy atom. The van der Waals surface area contributed by atoms with E-state index in [4.69, 9.17) is 4.52 Å². The van der Waals surface area contributed by atoms with Gasteiger partial charge in [0, 0.05) is 6.42 Å². The number of hydrogen-bond donors (Lipinski definition) is 0. The molecule has 0 amide bonds. The molecule has 0 aliphatic heterocycles. The molecule has 0 aliphatic carbocycles. The lowest BCUT2D eigenvalue weighted by Crippen LogP contribution is -2.04. The summed E-state index contributed by atoms with van der Waals surface area (Å²) < 4.78 is 7.38. The molecule has 6 nitrogen and oxygen atoms in total. The van der Waals surface area contributed by atoms with Crippen LogP contribution in [0.4, 0.5) is 0 Å². The molecule has 2 heterocycles. The van der Waals surface area contributed by atoms with Gasteiger partial charge in [-0.05, 0) is 18.4 Å². The Morgan fingerprint density at radius 1 is 1.17 bits per heavy atom. The summed E-state index contributed by atoms with van der Waals surface area (Å²) in [6, 6.07) is 10.3. The van der Waals surface area contributed by atoms with Crippen LogP contribution in [0.2, 0.25) is 0 Å². The average molecular weight is 343 g/mol. The molecule has 0 N–H and O–H groups in total. The van der Waals surface area contributed by atoms with E-state index >= 15 is 0 Å². The van der Waals surface area contributed by atoms with Crippen molar-refractivity contribution in [2.45, 2.75) is 44.6 Å². The van der Waals surface area contributed by atoms with Crippen LogP contribution in [0.15, 0.2) is 40.0 Å². The Bertz CT molecular complexity index is 781. The predicted molar refractivity (Wildman–Crippen MR) is 92.7 cm³/mol. The molecular weight excluding hydrogens is 322 g/mol. The van der Waals surface area contributed by atoms with E-state index in [1.807, 2.05) is 25.1 Å². The van der Waals surface area contributed by atoms with Crippen molar-refractivity contribution in [3.05, 3.63) is 53.4 Å². The van der Waals surface area contributed by atoms with Gasteiger partial charge in [-0.3, -0.25) is 0 Å². The molecule has 24 heavy (non-hydrogen) atoms. The molecule has 0 bridgehead atoms. The van der Waals surface area contributed by atoms with Crippen LogP contribution < -0.4 is 0 Å². The molecule has 0 saturated carbocycles. The first-order chi connectivity index (χ1) is 11.6. The zero-order valence-electron chi connectivity index (χ0n) is 14.1. The highest BCUT2D eigenvalue weighted by Crippen LogP contribution is 2.22. The van der Waals surface area contributed by atoms with Crippen LogP contribution in [0.5, 0.6) is 0 Å². The Balaban J connectivity index is 1.66. The maximum absolute atomic E-state index is 5.28. The van der Waals surface area contributed by atoms with E-state index in [2.05, 4.69) is 50.9 Å². The van der Waals surface area contributed by atoms with Gasteiger partial charge in [-0.25, -0.2) is 0 Å². The summed E-state index contributed by atoms with van der Waals surface area (Å²) in [7, 11) is 0. The third-order valence-electron chi connectivity index (χ3n) is 3.51. The fraction of sp³-hybridized carbons (Fsp3) is 0.412. The average Bonchev–Trinajstić information content (AvgIpc) is 3.14. The van der Waals surface area contributed by atoms with Crippen molar-refractivity contribution in [3.8, 4) is 0 Å².